The zero-order valence-electron chi connectivity index (χ0n) is 15.8. The Kier molecular flexibility index (Phi) is 6.06. The van der Waals surface area contributed by atoms with Crippen LogP contribution in [0, 0.1) is 25.2 Å². The van der Waals surface area contributed by atoms with Crippen molar-refractivity contribution in [3.63, 3.8) is 0 Å². The molecule has 3 rings (SSSR count). The molecule has 8 heteroatoms. The van der Waals surface area contributed by atoms with Crippen LogP contribution in [0.15, 0.2) is 41.4 Å². The Morgan fingerprint density at radius 3 is 2.64 bits per heavy atom. The summed E-state index contributed by atoms with van der Waals surface area (Å²) in [5.74, 6) is -0.0405. The number of nitriles is 1. The Labute approximate surface area is 169 Å². The molecule has 1 atom stereocenters. The second-order valence-electron chi connectivity index (χ2n) is 6.82. The van der Waals surface area contributed by atoms with Crippen LogP contribution in [0.5, 0.6) is 0 Å². The van der Waals surface area contributed by atoms with Gasteiger partial charge in [-0.05, 0) is 44.0 Å². The summed E-state index contributed by atoms with van der Waals surface area (Å²) in [7, 11) is -3.13. The van der Waals surface area contributed by atoms with Crippen LogP contribution in [0.1, 0.15) is 23.2 Å². The highest BCUT2D eigenvalue weighted by atomic mass is 32.2. The fourth-order valence-corrected chi connectivity index (χ4v) is 6.03. The number of benzene rings is 1. The van der Waals surface area contributed by atoms with Crippen LogP contribution in [0.4, 0.5) is 5.69 Å². The number of hydrogen-bond acceptors (Lipinski definition) is 6. The summed E-state index contributed by atoms with van der Waals surface area (Å²) < 4.78 is 23.9. The number of aryl methyl sites for hydroxylation is 2. The van der Waals surface area contributed by atoms with Crippen molar-refractivity contribution in [2.24, 2.45) is 0 Å². The van der Waals surface area contributed by atoms with Gasteiger partial charge in [-0.25, -0.2) is 13.4 Å². The maximum atomic E-state index is 13.1. The average Bonchev–Trinajstić information content (AvgIpc) is 3.00. The van der Waals surface area contributed by atoms with E-state index in [1.54, 1.807) is 4.90 Å². The fraction of sp³-hybridized carbons (Fsp3) is 0.350. The van der Waals surface area contributed by atoms with Gasteiger partial charge in [-0.3, -0.25) is 4.79 Å². The van der Waals surface area contributed by atoms with Gasteiger partial charge in [-0.1, -0.05) is 30.0 Å². The van der Waals surface area contributed by atoms with Crippen LogP contribution in [-0.4, -0.2) is 42.6 Å². The molecule has 1 saturated heterocycles. The number of sulfone groups is 1. The quantitative estimate of drug-likeness (QED) is 0.698. The van der Waals surface area contributed by atoms with Gasteiger partial charge in [0.15, 0.2) is 9.84 Å². The number of carbonyl (C=O) groups is 1. The van der Waals surface area contributed by atoms with Gasteiger partial charge in [0.05, 0.1) is 28.9 Å². The molecule has 2 heterocycles. The van der Waals surface area contributed by atoms with E-state index in [1.165, 1.54) is 11.8 Å². The Hall–Kier alpha value is -2.37. The zero-order valence-corrected chi connectivity index (χ0v) is 17.4. The third-order valence-corrected chi connectivity index (χ3v) is 7.34. The minimum Gasteiger partial charge on any atom is -0.308 e. The summed E-state index contributed by atoms with van der Waals surface area (Å²) in [6, 6.07) is 12.7. The van der Waals surface area contributed by atoms with Crippen molar-refractivity contribution >= 4 is 33.2 Å². The lowest BCUT2D eigenvalue weighted by Gasteiger charge is -2.28. The molecule has 2 aromatic rings. The molecule has 1 aromatic heterocycles. The molecular formula is C20H21N3O3S2. The second kappa shape index (κ2) is 8.33. The number of carbonyl (C=O) groups excluding carboxylic acids is 1. The van der Waals surface area contributed by atoms with Gasteiger partial charge in [0, 0.05) is 11.4 Å². The molecule has 0 saturated carbocycles. The topological polar surface area (TPSA) is 91.1 Å². The van der Waals surface area contributed by atoms with E-state index in [2.05, 4.69) is 11.1 Å². The van der Waals surface area contributed by atoms with E-state index in [0.717, 1.165) is 11.3 Å². The number of nitrogens with zero attached hydrogens (tertiary/aromatic N) is 3. The van der Waals surface area contributed by atoms with Crippen LogP contribution >= 0.6 is 11.8 Å². The number of anilines is 1. The van der Waals surface area contributed by atoms with Gasteiger partial charge in [0.2, 0.25) is 5.91 Å². The van der Waals surface area contributed by atoms with Crippen LogP contribution in [0.25, 0.3) is 0 Å². The summed E-state index contributed by atoms with van der Waals surface area (Å²) in [5.41, 5.74) is 2.77. The largest absolute Gasteiger partial charge is 0.308 e. The van der Waals surface area contributed by atoms with E-state index >= 15 is 0 Å². The molecule has 1 aliphatic heterocycles. The van der Waals surface area contributed by atoms with Gasteiger partial charge in [0.1, 0.15) is 11.1 Å². The lowest BCUT2D eigenvalue weighted by molar-refractivity contribution is -0.116. The molecule has 0 N–H and O–H groups in total. The molecule has 0 aliphatic carbocycles. The Morgan fingerprint density at radius 1 is 1.32 bits per heavy atom. The summed E-state index contributed by atoms with van der Waals surface area (Å²) >= 11 is 1.22. The minimum atomic E-state index is -3.13. The first-order valence-electron chi connectivity index (χ1n) is 8.89. The van der Waals surface area contributed by atoms with E-state index in [0.29, 0.717) is 22.7 Å². The van der Waals surface area contributed by atoms with Gasteiger partial charge < -0.3 is 4.90 Å². The smallest absolute Gasteiger partial charge is 0.237 e. The highest BCUT2D eigenvalue weighted by Gasteiger charge is 2.35. The number of pyridine rings is 1. The van der Waals surface area contributed by atoms with Gasteiger partial charge in [0.25, 0.3) is 0 Å². The molecule has 1 aromatic carbocycles. The molecule has 1 aliphatic rings. The lowest BCUT2D eigenvalue weighted by atomic mass is 10.1. The predicted octanol–water partition coefficient (Wildman–Crippen LogP) is 2.88. The Morgan fingerprint density at radius 2 is 2.04 bits per heavy atom. The van der Waals surface area contributed by atoms with Crippen LogP contribution < -0.4 is 4.90 Å². The standard InChI is InChI=1S/C20H21N3O3S2/c1-14-10-15(2)22-20(18(14)11-21)27-12-19(24)23(16-6-4-3-5-7-16)17-8-9-28(25,26)13-17/h3-7,10,17H,8-9,12-13H2,1-2H3. The highest BCUT2D eigenvalue weighted by Crippen LogP contribution is 2.28. The van der Waals surface area contributed by atoms with Gasteiger partial charge in [-0.2, -0.15) is 5.26 Å². The summed E-state index contributed by atoms with van der Waals surface area (Å²) in [6.45, 7) is 3.69. The maximum absolute atomic E-state index is 13.1. The van der Waals surface area contributed by atoms with Crippen molar-refractivity contribution in [3.8, 4) is 6.07 Å². The first-order valence-corrected chi connectivity index (χ1v) is 11.7. The van der Waals surface area contributed by atoms with Crippen molar-refractivity contribution in [1.29, 1.82) is 5.26 Å². The maximum Gasteiger partial charge on any atom is 0.237 e. The second-order valence-corrected chi connectivity index (χ2v) is 10.0. The van der Waals surface area contributed by atoms with Crippen molar-refractivity contribution < 1.29 is 13.2 Å². The first kappa shape index (κ1) is 20.4. The molecule has 0 radical (unpaired) electrons. The van der Waals surface area contributed by atoms with E-state index in [1.807, 2.05) is 50.2 Å². The molecule has 28 heavy (non-hydrogen) atoms. The number of aromatic nitrogens is 1. The first-order chi connectivity index (χ1) is 13.3. The number of thioether (sulfide) groups is 1. The summed E-state index contributed by atoms with van der Waals surface area (Å²) in [5, 5.41) is 9.94. The number of para-hydroxylation sites is 1. The molecule has 1 unspecified atom stereocenters. The zero-order chi connectivity index (χ0) is 20.3. The van der Waals surface area contributed by atoms with Crippen molar-refractivity contribution in [1.82, 2.24) is 4.98 Å². The third kappa shape index (κ3) is 4.54. The monoisotopic (exact) mass is 415 g/mol. The molecular weight excluding hydrogens is 394 g/mol. The number of hydrogen-bond donors (Lipinski definition) is 0. The van der Waals surface area contributed by atoms with Gasteiger partial charge in [-0.15, -0.1) is 0 Å². The fourth-order valence-electron chi connectivity index (χ4n) is 3.37. The molecule has 0 bridgehead atoms. The van der Waals surface area contributed by atoms with Gasteiger partial charge >= 0.3 is 0 Å². The molecule has 1 fully saturated rings. The van der Waals surface area contributed by atoms with Crippen LogP contribution in [0.2, 0.25) is 0 Å². The lowest BCUT2D eigenvalue weighted by Crippen LogP contribution is -2.42. The number of rotatable bonds is 5. The molecule has 0 spiro atoms. The third-order valence-electron chi connectivity index (χ3n) is 4.63. The summed E-state index contributed by atoms with van der Waals surface area (Å²) in [6.07, 6.45) is 0.429. The van der Waals surface area contributed by atoms with Crippen LogP contribution in [-0.2, 0) is 14.6 Å². The van der Waals surface area contributed by atoms with E-state index in [-0.39, 0.29) is 29.2 Å². The normalized spacial score (nSPS) is 17.8. The summed E-state index contributed by atoms with van der Waals surface area (Å²) in [4.78, 5) is 19.1. The number of amides is 1. The minimum absolute atomic E-state index is 0.0243. The van der Waals surface area contributed by atoms with E-state index < -0.39 is 9.84 Å². The van der Waals surface area contributed by atoms with Crippen molar-refractivity contribution in [2.45, 2.75) is 31.3 Å². The molecule has 6 nitrogen and oxygen atoms in total. The van der Waals surface area contributed by atoms with Crippen LogP contribution in [0.3, 0.4) is 0 Å². The molecule has 1 amide bonds. The SMILES string of the molecule is Cc1cc(C)c(C#N)c(SCC(=O)N(c2ccccc2)C2CCS(=O)(=O)C2)n1. The van der Waals surface area contributed by atoms with Crippen molar-refractivity contribution in [2.75, 3.05) is 22.2 Å². The van der Waals surface area contributed by atoms with E-state index in [4.69, 9.17) is 0 Å². The molecule has 146 valence electrons. The highest BCUT2D eigenvalue weighted by molar-refractivity contribution is 8.00. The predicted molar refractivity (Wildman–Crippen MR) is 110 cm³/mol. The van der Waals surface area contributed by atoms with E-state index in [9.17, 15) is 18.5 Å². The van der Waals surface area contributed by atoms with Crippen molar-refractivity contribution in [3.05, 3.63) is 53.2 Å². The average molecular weight is 416 g/mol. The Balaban J connectivity index is 1.84. The Bertz CT molecular complexity index is 1030.